The molecule has 6 nitrogen and oxygen atoms in total. The van der Waals surface area contributed by atoms with Gasteiger partial charge >= 0.3 is 0 Å². The molecule has 1 saturated heterocycles. The molecule has 2 aromatic rings. The summed E-state index contributed by atoms with van der Waals surface area (Å²) in [6, 6.07) is 14.8. The van der Waals surface area contributed by atoms with Crippen LogP contribution in [0.1, 0.15) is 11.1 Å². The zero-order valence-corrected chi connectivity index (χ0v) is 18.5. The number of aryl methyl sites for hydroxylation is 2. The highest BCUT2D eigenvalue weighted by Gasteiger charge is 2.32. The first kappa shape index (κ1) is 22.2. The molecular formula is C23H30N3O3S+. The fourth-order valence-electron chi connectivity index (χ4n) is 3.64. The van der Waals surface area contributed by atoms with Crippen LogP contribution in [0.25, 0.3) is 0 Å². The summed E-state index contributed by atoms with van der Waals surface area (Å²) in [7, 11) is -3.51. The summed E-state index contributed by atoms with van der Waals surface area (Å²) in [6.45, 7) is 10.5. The first-order valence-electron chi connectivity index (χ1n) is 10.2. The van der Waals surface area contributed by atoms with E-state index in [9.17, 15) is 13.2 Å². The van der Waals surface area contributed by atoms with E-state index in [1.54, 1.807) is 23.1 Å². The summed E-state index contributed by atoms with van der Waals surface area (Å²) >= 11 is 0. The number of sulfonamides is 1. The maximum atomic E-state index is 13.0. The van der Waals surface area contributed by atoms with Crippen molar-refractivity contribution < 1.29 is 18.1 Å². The molecule has 1 fully saturated rings. The second-order valence-electron chi connectivity index (χ2n) is 7.71. The van der Waals surface area contributed by atoms with E-state index < -0.39 is 10.0 Å². The molecule has 0 spiro atoms. The number of quaternary nitrogens is 1. The van der Waals surface area contributed by atoms with Crippen LogP contribution >= 0.6 is 0 Å². The normalized spacial score (nSPS) is 15.7. The molecule has 7 heteroatoms. The van der Waals surface area contributed by atoms with Crippen molar-refractivity contribution in [3.05, 3.63) is 72.3 Å². The molecule has 0 saturated carbocycles. The van der Waals surface area contributed by atoms with Gasteiger partial charge in [0, 0.05) is 12.2 Å². The minimum Gasteiger partial charge on any atom is -0.325 e. The number of piperazine rings is 1. The highest BCUT2D eigenvalue weighted by Crippen LogP contribution is 2.19. The van der Waals surface area contributed by atoms with Gasteiger partial charge in [-0.05, 0) is 49.2 Å². The van der Waals surface area contributed by atoms with Crippen molar-refractivity contribution in [3.8, 4) is 0 Å². The van der Waals surface area contributed by atoms with E-state index in [1.807, 2.05) is 50.2 Å². The smallest absolute Gasteiger partial charge is 0.282 e. The lowest BCUT2D eigenvalue weighted by molar-refractivity contribution is -0.895. The Morgan fingerprint density at radius 1 is 1.10 bits per heavy atom. The quantitative estimate of drug-likeness (QED) is 0.679. The molecule has 160 valence electrons. The predicted octanol–water partition coefficient (Wildman–Crippen LogP) is 1.41. The van der Waals surface area contributed by atoms with Crippen LogP contribution in [0.2, 0.25) is 0 Å². The van der Waals surface area contributed by atoms with Gasteiger partial charge in [0.25, 0.3) is 5.91 Å². The Balaban J connectivity index is 1.62. The van der Waals surface area contributed by atoms with Crippen LogP contribution in [0.3, 0.4) is 0 Å². The number of amides is 1. The number of para-hydroxylation sites is 1. The largest absolute Gasteiger partial charge is 0.325 e. The van der Waals surface area contributed by atoms with Gasteiger partial charge in [-0.15, -0.1) is 6.58 Å². The van der Waals surface area contributed by atoms with Crippen molar-refractivity contribution in [2.75, 3.05) is 44.2 Å². The Labute approximate surface area is 179 Å². The van der Waals surface area contributed by atoms with Crippen molar-refractivity contribution in [3.63, 3.8) is 0 Å². The summed E-state index contributed by atoms with van der Waals surface area (Å²) < 4.78 is 27.5. The molecule has 3 rings (SSSR count). The number of rotatable bonds is 7. The molecule has 1 aliphatic rings. The number of hydrogen-bond acceptors (Lipinski definition) is 3. The van der Waals surface area contributed by atoms with Gasteiger partial charge in [-0.1, -0.05) is 30.3 Å². The van der Waals surface area contributed by atoms with Crippen LogP contribution in [-0.2, 0) is 14.8 Å². The second kappa shape index (κ2) is 9.55. The van der Waals surface area contributed by atoms with Crippen molar-refractivity contribution in [1.82, 2.24) is 4.31 Å². The molecule has 1 N–H and O–H groups in total. The molecule has 0 bridgehead atoms. The van der Waals surface area contributed by atoms with E-state index in [2.05, 4.69) is 6.58 Å². The SMILES string of the molecule is C=CCN(C(=O)C[NH+]1CCN(S(=O)(=O)c2ccc(C)c(C)c2)CC1)c1ccccc1. The van der Waals surface area contributed by atoms with E-state index in [4.69, 9.17) is 0 Å². The van der Waals surface area contributed by atoms with Crippen LogP contribution in [-0.4, -0.2) is 57.9 Å². The van der Waals surface area contributed by atoms with E-state index in [0.29, 0.717) is 44.2 Å². The third kappa shape index (κ3) is 4.98. The minimum absolute atomic E-state index is 0.0153. The summed E-state index contributed by atoms with van der Waals surface area (Å²) in [6.07, 6.45) is 1.72. The van der Waals surface area contributed by atoms with E-state index in [1.165, 1.54) is 4.31 Å². The summed E-state index contributed by atoms with van der Waals surface area (Å²) in [4.78, 5) is 16.1. The fraction of sp³-hybridized carbons (Fsp3) is 0.348. The summed E-state index contributed by atoms with van der Waals surface area (Å²) in [5.41, 5.74) is 2.89. The minimum atomic E-state index is -3.51. The van der Waals surface area contributed by atoms with E-state index in [-0.39, 0.29) is 5.91 Å². The Bertz CT molecular complexity index is 998. The topological polar surface area (TPSA) is 62.1 Å². The Morgan fingerprint density at radius 2 is 1.77 bits per heavy atom. The molecular weight excluding hydrogens is 398 g/mol. The molecule has 1 heterocycles. The molecule has 0 atom stereocenters. The van der Waals surface area contributed by atoms with E-state index in [0.717, 1.165) is 21.7 Å². The average Bonchev–Trinajstić information content (AvgIpc) is 2.74. The van der Waals surface area contributed by atoms with Crippen LogP contribution < -0.4 is 9.80 Å². The summed E-state index contributed by atoms with van der Waals surface area (Å²) in [5, 5.41) is 0. The lowest BCUT2D eigenvalue weighted by atomic mass is 10.1. The first-order valence-corrected chi connectivity index (χ1v) is 11.6. The van der Waals surface area contributed by atoms with Crippen molar-refractivity contribution in [2.24, 2.45) is 0 Å². The number of carbonyl (C=O) groups excluding carboxylic acids is 1. The van der Waals surface area contributed by atoms with Gasteiger partial charge in [-0.3, -0.25) is 4.79 Å². The number of hydrogen-bond donors (Lipinski definition) is 1. The zero-order chi connectivity index (χ0) is 21.7. The number of benzene rings is 2. The fourth-order valence-corrected chi connectivity index (χ4v) is 5.17. The standard InChI is InChI=1S/C23H29N3O3S/c1-4-12-26(21-8-6-5-7-9-21)23(27)18-24-13-15-25(16-14-24)30(28,29)22-11-10-19(2)20(3)17-22/h4-11,17H,1,12-16,18H2,2-3H3/p+1. The van der Waals surface area contributed by atoms with Crippen molar-refractivity contribution in [2.45, 2.75) is 18.7 Å². The van der Waals surface area contributed by atoms with E-state index >= 15 is 0 Å². The van der Waals surface area contributed by atoms with Crippen LogP contribution in [0, 0.1) is 13.8 Å². The Kier molecular flexibility index (Phi) is 7.07. The van der Waals surface area contributed by atoms with Crippen LogP contribution in [0.5, 0.6) is 0 Å². The molecule has 0 aromatic heterocycles. The van der Waals surface area contributed by atoms with Gasteiger partial charge in [0.15, 0.2) is 6.54 Å². The number of carbonyl (C=O) groups is 1. The predicted molar refractivity (Wildman–Crippen MR) is 119 cm³/mol. The molecule has 0 unspecified atom stereocenters. The van der Waals surface area contributed by atoms with Crippen LogP contribution in [0.4, 0.5) is 5.69 Å². The first-order chi connectivity index (χ1) is 14.3. The maximum absolute atomic E-state index is 13.0. The molecule has 2 aromatic carbocycles. The maximum Gasteiger partial charge on any atom is 0.282 e. The van der Waals surface area contributed by atoms with Gasteiger partial charge in [0.2, 0.25) is 10.0 Å². The monoisotopic (exact) mass is 428 g/mol. The third-order valence-electron chi connectivity index (χ3n) is 5.63. The molecule has 0 radical (unpaired) electrons. The van der Waals surface area contributed by atoms with Gasteiger partial charge in [-0.2, -0.15) is 4.31 Å². The molecule has 0 aliphatic carbocycles. The van der Waals surface area contributed by atoms with Gasteiger partial charge < -0.3 is 9.80 Å². The lowest BCUT2D eigenvalue weighted by Crippen LogP contribution is -3.15. The highest BCUT2D eigenvalue weighted by atomic mass is 32.2. The molecule has 30 heavy (non-hydrogen) atoms. The van der Waals surface area contributed by atoms with Crippen molar-refractivity contribution >= 4 is 21.6 Å². The van der Waals surface area contributed by atoms with Gasteiger partial charge in [-0.25, -0.2) is 8.42 Å². The highest BCUT2D eigenvalue weighted by molar-refractivity contribution is 7.89. The molecule has 1 amide bonds. The molecule has 1 aliphatic heterocycles. The summed E-state index contributed by atoms with van der Waals surface area (Å²) in [5.74, 6) is 0.0153. The number of anilines is 1. The average molecular weight is 429 g/mol. The van der Waals surface area contributed by atoms with Crippen molar-refractivity contribution in [1.29, 1.82) is 0 Å². The number of nitrogens with one attached hydrogen (secondary N) is 1. The van der Waals surface area contributed by atoms with Crippen LogP contribution in [0.15, 0.2) is 66.1 Å². The third-order valence-corrected chi connectivity index (χ3v) is 7.52. The lowest BCUT2D eigenvalue weighted by Gasteiger charge is -2.32. The Hall–Kier alpha value is -2.48. The zero-order valence-electron chi connectivity index (χ0n) is 17.7. The van der Waals surface area contributed by atoms with Gasteiger partial charge in [0.05, 0.1) is 31.1 Å². The second-order valence-corrected chi connectivity index (χ2v) is 9.64. The Morgan fingerprint density at radius 3 is 2.37 bits per heavy atom. The van der Waals surface area contributed by atoms with Gasteiger partial charge in [0.1, 0.15) is 0 Å². The number of nitrogens with zero attached hydrogens (tertiary/aromatic N) is 2.